The number of nitrogens with one attached hydrogen (secondary N) is 2. The molecule has 2 rings (SSSR count). The van der Waals surface area contributed by atoms with Crippen molar-refractivity contribution in [2.24, 2.45) is 0 Å². The maximum atomic E-state index is 11.8. The highest BCUT2D eigenvalue weighted by Gasteiger charge is 2.35. The van der Waals surface area contributed by atoms with Gasteiger partial charge in [-0.3, -0.25) is 19.8 Å². The van der Waals surface area contributed by atoms with Gasteiger partial charge in [0.25, 0.3) is 0 Å². The quantitative estimate of drug-likeness (QED) is 0.673. The molecule has 2 aliphatic heterocycles. The van der Waals surface area contributed by atoms with Crippen LogP contribution in [0.4, 0.5) is 0 Å². The molecule has 2 saturated heterocycles. The third-order valence-corrected chi connectivity index (χ3v) is 3.87. The fourth-order valence-corrected chi connectivity index (χ4v) is 2.89. The summed E-state index contributed by atoms with van der Waals surface area (Å²) in [5.74, 6) is -0.368. The van der Waals surface area contributed by atoms with Gasteiger partial charge >= 0.3 is 0 Å². The van der Waals surface area contributed by atoms with Gasteiger partial charge < -0.3 is 10.1 Å². The number of nitrogens with zero attached hydrogens (tertiary/aromatic N) is 1. The van der Waals surface area contributed by atoms with E-state index in [4.69, 9.17) is 4.74 Å². The first-order valence-corrected chi connectivity index (χ1v) is 7.02. The number of ether oxygens (including phenoxy) is 1. The zero-order valence-corrected chi connectivity index (χ0v) is 11.6. The van der Waals surface area contributed by atoms with E-state index in [0.29, 0.717) is 19.2 Å². The van der Waals surface area contributed by atoms with Crippen molar-refractivity contribution in [1.82, 2.24) is 15.5 Å². The Morgan fingerprint density at radius 2 is 2.26 bits per heavy atom. The minimum atomic E-state index is -0.200. The predicted molar refractivity (Wildman–Crippen MR) is 70.6 cm³/mol. The van der Waals surface area contributed by atoms with Crippen molar-refractivity contribution in [3.05, 3.63) is 0 Å². The first kappa shape index (κ1) is 14.4. The highest BCUT2D eigenvalue weighted by atomic mass is 16.5. The summed E-state index contributed by atoms with van der Waals surface area (Å²) in [5.41, 5.74) is 0. The molecule has 2 heterocycles. The van der Waals surface area contributed by atoms with Gasteiger partial charge in [0.1, 0.15) is 0 Å². The Kier molecular flexibility index (Phi) is 4.90. The largest absolute Gasteiger partial charge is 0.379 e. The lowest BCUT2D eigenvalue weighted by atomic mass is 10.0. The average molecular weight is 269 g/mol. The molecule has 0 aromatic heterocycles. The smallest absolute Gasteiger partial charge is 0.243 e. The van der Waals surface area contributed by atoms with E-state index in [1.165, 1.54) is 0 Å². The Bertz CT molecular complexity index is 342. The van der Waals surface area contributed by atoms with Crippen LogP contribution in [0.15, 0.2) is 0 Å². The molecule has 0 bridgehead atoms. The zero-order chi connectivity index (χ0) is 13.8. The van der Waals surface area contributed by atoms with Crippen LogP contribution in [0.5, 0.6) is 0 Å². The molecule has 0 saturated carbocycles. The molecule has 19 heavy (non-hydrogen) atoms. The van der Waals surface area contributed by atoms with Gasteiger partial charge in [-0.1, -0.05) is 6.92 Å². The molecule has 3 atom stereocenters. The lowest BCUT2D eigenvalue weighted by molar-refractivity contribution is -0.141. The second-order valence-corrected chi connectivity index (χ2v) is 5.32. The first-order valence-electron chi connectivity index (χ1n) is 7.02. The lowest BCUT2D eigenvalue weighted by Gasteiger charge is -2.39. The minimum Gasteiger partial charge on any atom is -0.379 e. The van der Waals surface area contributed by atoms with Gasteiger partial charge in [-0.05, 0) is 19.8 Å². The molecule has 2 N–H and O–H groups in total. The molecule has 3 unspecified atom stereocenters. The van der Waals surface area contributed by atoms with Crippen LogP contribution in [0, 0.1) is 0 Å². The zero-order valence-electron chi connectivity index (χ0n) is 11.6. The molecule has 0 aromatic carbocycles. The van der Waals surface area contributed by atoms with Crippen molar-refractivity contribution in [1.29, 1.82) is 0 Å². The van der Waals surface area contributed by atoms with Gasteiger partial charge in [0, 0.05) is 18.6 Å². The Hall–Kier alpha value is -0.980. The Balaban J connectivity index is 1.96. The summed E-state index contributed by atoms with van der Waals surface area (Å²) >= 11 is 0. The molecule has 0 radical (unpaired) electrons. The minimum absolute atomic E-state index is 0.168. The number of piperazine rings is 1. The van der Waals surface area contributed by atoms with Crippen molar-refractivity contribution in [3.8, 4) is 0 Å². The van der Waals surface area contributed by atoms with Crippen LogP contribution in [-0.2, 0) is 14.3 Å². The Morgan fingerprint density at radius 1 is 1.47 bits per heavy atom. The fraction of sp³-hybridized carbons (Fsp3) is 0.846. The van der Waals surface area contributed by atoms with Gasteiger partial charge in [0.15, 0.2) is 0 Å². The van der Waals surface area contributed by atoms with Gasteiger partial charge in [-0.25, -0.2) is 0 Å². The summed E-state index contributed by atoms with van der Waals surface area (Å²) < 4.78 is 5.44. The molecular weight excluding hydrogens is 246 g/mol. The molecule has 0 aliphatic carbocycles. The highest BCUT2D eigenvalue weighted by Crippen LogP contribution is 2.17. The molecular formula is C13H23N3O3. The fourth-order valence-electron chi connectivity index (χ4n) is 2.89. The first-order chi connectivity index (χ1) is 9.11. The Morgan fingerprint density at radius 3 is 2.89 bits per heavy atom. The molecule has 0 spiro atoms. The van der Waals surface area contributed by atoms with Gasteiger partial charge in [-0.15, -0.1) is 0 Å². The van der Waals surface area contributed by atoms with Gasteiger partial charge in [-0.2, -0.15) is 0 Å². The molecule has 2 amide bonds. The summed E-state index contributed by atoms with van der Waals surface area (Å²) in [6, 6.07) is 0.290. The van der Waals surface area contributed by atoms with Crippen LogP contribution >= 0.6 is 0 Å². The predicted octanol–water partition coefficient (Wildman–Crippen LogP) is -0.510. The third kappa shape index (κ3) is 3.52. The van der Waals surface area contributed by atoms with Crippen molar-refractivity contribution >= 4 is 11.8 Å². The standard InChI is InChI=1S/C13H23N3O3/c1-3-11-13(18)15-12(17)7-16(11)9(2)6-10-8-19-5-4-14-10/h9-11,14H,3-8H2,1-2H3,(H,15,17,18). The number of imide groups is 1. The van der Waals surface area contributed by atoms with E-state index >= 15 is 0 Å². The SMILES string of the molecule is CCC1C(=O)NC(=O)CN1C(C)CC1COCCN1. The van der Waals surface area contributed by atoms with E-state index in [1.807, 2.05) is 11.8 Å². The van der Waals surface area contributed by atoms with Gasteiger partial charge in [0.2, 0.25) is 11.8 Å². The van der Waals surface area contributed by atoms with Crippen LogP contribution < -0.4 is 10.6 Å². The molecule has 0 aromatic rings. The second kappa shape index (κ2) is 6.45. The molecule has 6 nitrogen and oxygen atoms in total. The van der Waals surface area contributed by atoms with Crippen molar-refractivity contribution in [2.45, 2.75) is 44.8 Å². The molecule has 6 heteroatoms. The van der Waals surface area contributed by atoms with E-state index in [-0.39, 0.29) is 23.9 Å². The van der Waals surface area contributed by atoms with Crippen molar-refractivity contribution in [3.63, 3.8) is 0 Å². The maximum Gasteiger partial charge on any atom is 0.243 e. The summed E-state index contributed by atoms with van der Waals surface area (Å²) in [5, 5.41) is 5.82. The normalized spacial score (nSPS) is 31.1. The van der Waals surface area contributed by atoms with Crippen LogP contribution in [-0.4, -0.2) is 61.1 Å². The highest BCUT2D eigenvalue weighted by molar-refractivity contribution is 6.01. The van der Waals surface area contributed by atoms with Crippen LogP contribution in [0.1, 0.15) is 26.7 Å². The number of amides is 2. The third-order valence-electron chi connectivity index (χ3n) is 3.87. The summed E-state index contributed by atoms with van der Waals surface area (Å²) in [4.78, 5) is 25.4. The van der Waals surface area contributed by atoms with Crippen molar-refractivity contribution < 1.29 is 14.3 Å². The van der Waals surface area contributed by atoms with Crippen molar-refractivity contribution in [2.75, 3.05) is 26.3 Å². The molecule has 108 valence electrons. The van der Waals surface area contributed by atoms with E-state index in [0.717, 1.165) is 26.0 Å². The van der Waals surface area contributed by atoms with Crippen LogP contribution in [0.3, 0.4) is 0 Å². The molecule has 2 fully saturated rings. The summed E-state index contributed by atoms with van der Waals surface area (Å²) in [6.45, 7) is 6.68. The topological polar surface area (TPSA) is 70.7 Å². The number of hydrogen-bond donors (Lipinski definition) is 2. The van der Waals surface area contributed by atoms with E-state index in [2.05, 4.69) is 17.6 Å². The second-order valence-electron chi connectivity index (χ2n) is 5.32. The maximum absolute atomic E-state index is 11.8. The monoisotopic (exact) mass is 269 g/mol. The molecule has 2 aliphatic rings. The summed E-state index contributed by atoms with van der Waals surface area (Å²) in [6.07, 6.45) is 1.61. The number of carbonyl (C=O) groups excluding carboxylic acids is 2. The van der Waals surface area contributed by atoms with E-state index < -0.39 is 0 Å². The average Bonchev–Trinajstić information content (AvgIpc) is 2.39. The van der Waals surface area contributed by atoms with Crippen LogP contribution in [0.2, 0.25) is 0 Å². The van der Waals surface area contributed by atoms with Gasteiger partial charge in [0.05, 0.1) is 25.8 Å². The number of rotatable bonds is 4. The van der Waals surface area contributed by atoms with E-state index in [9.17, 15) is 9.59 Å². The Labute approximate surface area is 113 Å². The number of morpholine rings is 1. The number of carbonyl (C=O) groups is 2. The van der Waals surface area contributed by atoms with Crippen LogP contribution in [0.25, 0.3) is 0 Å². The lowest BCUT2D eigenvalue weighted by Crippen LogP contribution is -2.61. The number of hydrogen-bond acceptors (Lipinski definition) is 5. The summed E-state index contributed by atoms with van der Waals surface area (Å²) in [7, 11) is 0. The van der Waals surface area contributed by atoms with E-state index in [1.54, 1.807) is 0 Å².